The monoisotopic (exact) mass is 198 g/mol. The molecular weight excluding hydrogens is 190 g/mol. The minimum absolute atomic E-state index is 0.267. The molecule has 10 heavy (non-hydrogen) atoms. The van der Waals surface area contributed by atoms with Gasteiger partial charge in [0.2, 0.25) is 0 Å². The summed E-state index contributed by atoms with van der Waals surface area (Å²) < 4.78 is 0. The van der Waals surface area contributed by atoms with Crippen LogP contribution in [0.5, 0.6) is 0 Å². The van der Waals surface area contributed by atoms with Crippen molar-refractivity contribution in [2.24, 2.45) is 11.3 Å². The molecule has 0 aromatic carbocycles. The lowest BCUT2D eigenvalue weighted by Crippen LogP contribution is -1.95. The van der Waals surface area contributed by atoms with E-state index in [1.165, 1.54) is 24.8 Å². The molecule has 0 spiro atoms. The first-order chi connectivity index (χ1) is 4.79. The second-order valence-corrected chi connectivity index (χ2v) is 3.63. The third-order valence-electron chi connectivity index (χ3n) is 2.80. The van der Waals surface area contributed by atoms with Crippen LogP contribution in [0.25, 0.3) is 0 Å². The van der Waals surface area contributed by atoms with Crippen LogP contribution in [-0.4, -0.2) is 0 Å². The second kappa shape index (κ2) is 1.89. The van der Waals surface area contributed by atoms with E-state index in [2.05, 4.69) is 33.3 Å². The summed E-state index contributed by atoms with van der Waals surface area (Å²) in [5.74, 6) is 4.06. The van der Waals surface area contributed by atoms with Crippen molar-refractivity contribution in [1.29, 1.82) is 0 Å². The number of fused-ring (bicyclic) bond motifs is 1. The van der Waals surface area contributed by atoms with Crippen molar-refractivity contribution in [1.82, 2.24) is 0 Å². The van der Waals surface area contributed by atoms with E-state index in [4.69, 9.17) is 0 Å². The van der Waals surface area contributed by atoms with E-state index in [1.807, 2.05) is 0 Å². The fourth-order valence-electron chi connectivity index (χ4n) is 2.01. The molecule has 2 saturated carbocycles. The van der Waals surface area contributed by atoms with Gasteiger partial charge in [0.05, 0.1) is 5.41 Å². The largest absolute Gasteiger partial charge is 0.0983 e. The van der Waals surface area contributed by atoms with Gasteiger partial charge in [-0.15, -0.1) is 0 Å². The standard InChI is InChI=1S/C9H9Br/c1-7-2-3-8-6-9(7,8)4-5-10/h8H,1-3,6H2/t8-,9-/m1/s1/i1+1,5+1. The van der Waals surface area contributed by atoms with Gasteiger partial charge < -0.3 is 0 Å². The molecule has 0 radical (unpaired) electrons. The van der Waals surface area contributed by atoms with Gasteiger partial charge in [0, 0.05) is 15.9 Å². The highest BCUT2D eigenvalue weighted by Gasteiger charge is 2.58. The summed E-state index contributed by atoms with van der Waals surface area (Å²) >= 11 is 3.15. The third kappa shape index (κ3) is 0.632. The summed E-state index contributed by atoms with van der Waals surface area (Å²) in [4.78, 5) is 2.82. The van der Waals surface area contributed by atoms with Gasteiger partial charge in [-0.2, -0.15) is 0 Å². The Kier molecular flexibility index (Phi) is 1.22. The fourth-order valence-corrected chi connectivity index (χ4v) is 2.36. The molecule has 0 nitrogen and oxygen atoms in total. The molecule has 0 aromatic rings. The summed E-state index contributed by atoms with van der Waals surface area (Å²) in [7, 11) is 0. The third-order valence-corrected chi connectivity index (χ3v) is 3.00. The predicted molar refractivity (Wildman–Crippen MR) is 45.6 cm³/mol. The smallest absolute Gasteiger partial charge is 0.0561 e. The maximum atomic E-state index is 4.04. The summed E-state index contributed by atoms with van der Waals surface area (Å²) in [5.41, 5.74) is 1.63. The average Bonchev–Trinajstić information content (AvgIpc) is 2.53. The Morgan fingerprint density at radius 1 is 1.70 bits per heavy atom. The lowest BCUT2D eigenvalue weighted by atomic mass is 10.0. The van der Waals surface area contributed by atoms with Crippen LogP contribution in [0.4, 0.5) is 0 Å². The van der Waals surface area contributed by atoms with Crippen molar-refractivity contribution in [3.05, 3.63) is 12.2 Å². The Bertz CT molecular complexity index is 243. The lowest BCUT2D eigenvalue weighted by Gasteiger charge is -2.03. The van der Waals surface area contributed by atoms with Crippen LogP contribution >= 0.6 is 15.9 Å². The Morgan fingerprint density at radius 2 is 2.50 bits per heavy atom. The Hall–Kier alpha value is -0.220. The molecule has 2 aliphatic carbocycles. The molecule has 0 aliphatic heterocycles. The van der Waals surface area contributed by atoms with Crippen molar-refractivity contribution in [2.45, 2.75) is 19.3 Å². The molecule has 0 N–H and O–H groups in total. The second-order valence-electron chi connectivity index (χ2n) is 3.23. The van der Waals surface area contributed by atoms with Crippen molar-refractivity contribution in [3.8, 4) is 10.8 Å². The molecule has 52 valence electrons. The van der Waals surface area contributed by atoms with Crippen LogP contribution in [0, 0.1) is 22.1 Å². The zero-order valence-electron chi connectivity index (χ0n) is 5.78. The summed E-state index contributed by atoms with van der Waals surface area (Å²) in [6, 6.07) is 0. The zero-order valence-corrected chi connectivity index (χ0v) is 7.37. The van der Waals surface area contributed by atoms with E-state index in [0.29, 0.717) is 0 Å². The maximum Gasteiger partial charge on any atom is 0.0561 e. The van der Waals surface area contributed by atoms with Crippen LogP contribution in [-0.2, 0) is 0 Å². The summed E-state index contributed by atoms with van der Waals surface area (Å²) in [6.45, 7) is 4.04. The molecule has 2 rings (SSSR count). The Balaban J connectivity index is 2.30. The van der Waals surface area contributed by atoms with E-state index >= 15 is 0 Å². The van der Waals surface area contributed by atoms with Gasteiger partial charge in [0.25, 0.3) is 0 Å². The minimum atomic E-state index is 0.267. The van der Waals surface area contributed by atoms with Gasteiger partial charge in [-0.05, 0) is 30.0 Å². The van der Waals surface area contributed by atoms with E-state index in [-0.39, 0.29) is 5.41 Å². The number of allylic oxidation sites excluding steroid dienone is 1. The van der Waals surface area contributed by atoms with Gasteiger partial charge >= 0.3 is 0 Å². The van der Waals surface area contributed by atoms with E-state index < -0.39 is 0 Å². The molecule has 2 aliphatic rings. The van der Waals surface area contributed by atoms with Gasteiger partial charge in [-0.1, -0.05) is 18.1 Å². The first-order valence-corrected chi connectivity index (χ1v) is 4.40. The minimum Gasteiger partial charge on any atom is -0.0983 e. The van der Waals surface area contributed by atoms with E-state index in [1.54, 1.807) is 0 Å². The van der Waals surface area contributed by atoms with Crippen molar-refractivity contribution in [3.63, 3.8) is 0 Å². The highest BCUT2D eigenvalue weighted by Crippen LogP contribution is 2.65. The fraction of sp³-hybridized carbons (Fsp3) is 0.556. The molecule has 2 fully saturated rings. The molecule has 0 amide bonds. The van der Waals surface area contributed by atoms with Gasteiger partial charge in [-0.25, -0.2) is 0 Å². The van der Waals surface area contributed by atoms with Crippen molar-refractivity contribution < 1.29 is 0 Å². The highest BCUT2D eigenvalue weighted by molar-refractivity contribution is 9.12. The quantitative estimate of drug-likeness (QED) is 0.319. The van der Waals surface area contributed by atoms with Crippen LogP contribution < -0.4 is 0 Å². The van der Waals surface area contributed by atoms with Gasteiger partial charge in [-0.3, -0.25) is 0 Å². The SMILES string of the molecule is [13CH2]=C1CC[C@@H]2C[C@]12C#[13C]Br. The first kappa shape index (κ1) is 6.49. The molecule has 1 heteroatoms. The maximum absolute atomic E-state index is 4.04. The Labute approximate surface area is 69.8 Å². The summed E-state index contributed by atoms with van der Waals surface area (Å²) in [6.07, 6.45) is 3.79. The van der Waals surface area contributed by atoms with Crippen molar-refractivity contribution >= 4 is 15.9 Å². The molecule has 0 bridgehead atoms. The number of halogens is 1. The molecule has 0 saturated heterocycles. The van der Waals surface area contributed by atoms with E-state index in [9.17, 15) is 0 Å². The van der Waals surface area contributed by atoms with Crippen LogP contribution in [0.2, 0.25) is 0 Å². The average molecular weight is 199 g/mol. The number of hydrogen-bond donors (Lipinski definition) is 0. The molecule has 2 atom stereocenters. The van der Waals surface area contributed by atoms with Crippen molar-refractivity contribution in [2.75, 3.05) is 0 Å². The topological polar surface area (TPSA) is 0 Å². The zero-order chi connectivity index (χ0) is 7.19. The number of hydrogen-bond acceptors (Lipinski definition) is 0. The first-order valence-electron chi connectivity index (χ1n) is 3.60. The van der Waals surface area contributed by atoms with Gasteiger partial charge in [0.15, 0.2) is 0 Å². The molecule has 0 unspecified atom stereocenters. The van der Waals surface area contributed by atoms with Crippen LogP contribution in [0.1, 0.15) is 19.3 Å². The normalized spacial score (nSPS) is 42.1. The van der Waals surface area contributed by atoms with E-state index in [0.717, 1.165) is 5.92 Å². The summed E-state index contributed by atoms with van der Waals surface area (Å²) in [5, 5.41) is 0. The highest BCUT2D eigenvalue weighted by atomic mass is 79.9. The van der Waals surface area contributed by atoms with Crippen LogP contribution in [0.15, 0.2) is 12.2 Å². The molecule has 0 heterocycles. The predicted octanol–water partition coefficient (Wildman–Crippen LogP) is 2.70. The number of rotatable bonds is 0. The molecule has 0 aromatic heterocycles. The lowest BCUT2D eigenvalue weighted by molar-refractivity contribution is 0.760. The molecular formula is C9H9Br. The van der Waals surface area contributed by atoms with Gasteiger partial charge in [0.1, 0.15) is 0 Å². The van der Waals surface area contributed by atoms with Crippen LogP contribution in [0.3, 0.4) is 0 Å². The Morgan fingerprint density at radius 3 is 2.90 bits per heavy atom.